The molecule has 156 valence electrons. The van der Waals surface area contributed by atoms with Crippen molar-refractivity contribution in [2.45, 2.75) is 38.1 Å². The number of aryl methyl sites for hydroxylation is 1. The van der Waals surface area contributed by atoms with Gasteiger partial charge in [0.25, 0.3) is 0 Å². The molecule has 7 nitrogen and oxygen atoms in total. The summed E-state index contributed by atoms with van der Waals surface area (Å²) >= 11 is 0. The monoisotopic (exact) mass is 407 g/mol. The van der Waals surface area contributed by atoms with Crippen LogP contribution in [0.5, 0.6) is 0 Å². The number of hydrogen-bond donors (Lipinski definition) is 1. The van der Waals surface area contributed by atoms with Gasteiger partial charge in [0.2, 0.25) is 5.91 Å². The number of hydrogen-bond acceptors (Lipinski definition) is 4. The molecule has 3 amide bonds. The van der Waals surface area contributed by atoms with Crippen LogP contribution in [0.15, 0.2) is 48.7 Å². The molecule has 2 aliphatic heterocycles. The Labute approximate surface area is 175 Å². The van der Waals surface area contributed by atoms with Gasteiger partial charge >= 0.3 is 12.0 Å². The fourth-order valence-corrected chi connectivity index (χ4v) is 4.53. The lowest BCUT2D eigenvalue weighted by atomic mass is 9.82. The molecule has 2 saturated heterocycles. The number of carbonyl (C=O) groups excluding carboxylic acids is 2. The minimum Gasteiger partial charge on any atom is -0.480 e. The summed E-state index contributed by atoms with van der Waals surface area (Å²) in [4.78, 5) is 44.5. The molecule has 4 rings (SSSR count). The summed E-state index contributed by atoms with van der Waals surface area (Å²) in [5.74, 6) is -2.10. The third kappa shape index (κ3) is 3.79. The second-order valence-electron chi connectivity index (χ2n) is 8.09. The molecule has 0 saturated carbocycles. The third-order valence-electron chi connectivity index (χ3n) is 6.05. The summed E-state index contributed by atoms with van der Waals surface area (Å²) in [5.41, 5.74) is 2.81. The first-order chi connectivity index (χ1) is 14.5. The van der Waals surface area contributed by atoms with E-state index in [4.69, 9.17) is 0 Å². The molecule has 7 heteroatoms. The lowest BCUT2D eigenvalue weighted by Crippen LogP contribution is -2.69. The van der Waals surface area contributed by atoms with Crippen molar-refractivity contribution in [1.82, 2.24) is 14.8 Å². The molecule has 0 bridgehead atoms. The fraction of sp³-hybridized carbons (Fsp3) is 0.391. The number of nitrogens with zero attached hydrogens (tertiary/aromatic N) is 3. The van der Waals surface area contributed by atoms with Crippen molar-refractivity contribution in [3.05, 3.63) is 65.5 Å². The van der Waals surface area contributed by atoms with Crippen molar-refractivity contribution >= 4 is 17.9 Å². The van der Waals surface area contributed by atoms with Crippen LogP contribution in [-0.2, 0) is 16.0 Å². The Morgan fingerprint density at radius 2 is 1.97 bits per heavy atom. The van der Waals surface area contributed by atoms with Gasteiger partial charge in [-0.25, -0.2) is 14.5 Å². The van der Waals surface area contributed by atoms with E-state index in [2.05, 4.69) is 4.98 Å². The van der Waals surface area contributed by atoms with E-state index in [1.54, 1.807) is 17.2 Å². The molecule has 30 heavy (non-hydrogen) atoms. The lowest BCUT2D eigenvalue weighted by molar-refractivity contribution is -0.166. The molecule has 0 spiro atoms. The van der Waals surface area contributed by atoms with Crippen molar-refractivity contribution in [1.29, 1.82) is 0 Å². The molecule has 0 unspecified atom stereocenters. The molecule has 3 atom stereocenters. The van der Waals surface area contributed by atoms with Gasteiger partial charge in [-0.1, -0.05) is 30.3 Å². The highest BCUT2D eigenvalue weighted by Crippen LogP contribution is 2.34. The molecule has 1 aromatic heterocycles. The summed E-state index contributed by atoms with van der Waals surface area (Å²) in [5, 5.41) is 9.72. The van der Waals surface area contributed by atoms with Crippen molar-refractivity contribution in [3.8, 4) is 0 Å². The number of imide groups is 1. The number of likely N-dealkylation sites (tertiary alicyclic amines) is 2. The van der Waals surface area contributed by atoms with Crippen LogP contribution in [-0.4, -0.2) is 56.9 Å². The van der Waals surface area contributed by atoms with E-state index >= 15 is 0 Å². The smallest absolute Gasteiger partial charge is 0.327 e. The Morgan fingerprint density at radius 3 is 2.67 bits per heavy atom. The summed E-state index contributed by atoms with van der Waals surface area (Å²) in [6, 6.07) is 12.0. The van der Waals surface area contributed by atoms with Crippen LogP contribution in [0.25, 0.3) is 0 Å². The number of rotatable bonds is 4. The van der Waals surface area contributed by atoms with Gasteiger partial charge in [-0.3, -0.25) is 9.78 Å². The Kier molecular flexibility index (Phi) is 5.53. The maximum absolute atomic E-state index is 13.1. The predicted molar refractivity (Wildman–Crippen MR) is 110 cm³/mol. The number of piperidine rings is 1. The van der Waals surface area contributed by atoms with Crippen LogP contribution in [0, 0.1) is 12.8 Å². The number of pyridine rings is 1. The van der Waals surface area contributed by atoms with Crippen LogP contribution >= 0.6 is 0 Å². The first-order valence-corrected chi connectivity index (χ1v) is 10.3. The van der Waals surface area contributed by atoms with E-state index in [9.17, 15) is 19.5 Å². The Balaban J connectivity index is 1.48. The fourth-order valence-electron chi connectivity index (χ4n) is 4.53. The number of carboxylic acid groups (broad SMARTS) is 1. The normalized spacial score (nSPS) is 23.8. The van der Waals surface area contributed by atoms with Crippen molar-refractivity contribution in [3.63, 3.8) is 0 Å². The van der Waals surface area contributed by atoms with Crippen molar-refractivity contribution < 1.29 is 19.5 Å². The minimum absolute atomic E-state index is 0.194. The number of aromatic nitrogens is 1. The first kappa shape index (κ1) is 20.1. The number of urea groups is 1. The van der Waals surface area contributed by atoms with Crippen LogP contribution in [0.3, 0.4) is 0 Å². The number of amides is 3. The van der Waals surface area contributed by atoms with Gasteiger partial charge in [-0.15, -0.1) is 0 Å². The van der Waals surface area contributed by atoms with E-state index in [0.29, 0.717) is 13.1 Å². The maximum Gasteiger partial charge on any atom is 0.327 e. The topological polar surface area (TPSA) is 90.8 Å². The summed E-state index contributed by atoms with van der Waals surface area (Å²) in [6.45, 7) is 2.87. The first-order valence-electron chi connectivity index (χ1n) is 10.3. The van der Waals surface area contributed by atoms with Crippen LogP contribution in [0.2, 0.25) is 0 Å². The highest BCUT2D eigenvalue weighted by molar-refractivity contribution is 6.07. The molecular formula is C23H25N3O4. The van der Waals surface area contributed by atoms with Gasteiger partial charge in [-0.05, 0) is 49.4 Å². The number of β-lactam (4-membered cyclic amide) rings is 1. The third-order valence-corrected chi connectivity index (χ3v) is 6.05. The number of carbonyl (C=O) groups is 3. The molecule has 0 aliphatic carbocycles. The highest BCUT2D eigenvalue weighted by Gasteiger charge is 2.55. The molecule has 0 radical (unpaired) electrons. The quantitative estimate of drug-likeness (QED) is 0.787. The highest BCUT2D eigenvalue weighted by atomic mass is 16.4. The Hall–Kier alpha value is -3.22. The van der Waals surface area contributed by atoms with E-state index in [1.807, 2.05) is 43.3 Å². The van der Waals surface area contributed by atoms with Gasteiger partial charge in [0.05, 0.1) is 5.92 Å². The largest absolute Gasteiger partial charge is 0.480 e. The van der Waals surface area contributed by atoms with Crippen LogP contribution in [0.1, 0.15) is 35.6 Å². The van der Waals surface area contributed by atoms with Crippen molar-refractivity contribution in [2.24, 2.45) is 5.92 Å². The van der Waals surface area contributed by atoms with Crippen LogP contribution in [0.4, 0.5) is 4.79 Å². The van der Waals surface area contributed by atoms with Gasteiger partial charge < -0.3 is 10.0 Å². The molecule has 3 heterocycles. The van der Waals surface area contributed by atoms with Gasteiger partial charge in [-0.2, -0.15) is 0 Å². The number of benzene rings is 1. The molecule has 2 aromatic rings. The van der Waals surface area contributed by atoms with Crippen LogP contribution < -0.4 is 0 Å². The Morgan fingerprint density at radius 1 is 1.20 bits per heavy atom. The standard InChI is InChI=1S/C23H25N3O4/c1-15-12-16(9-10-24-15)13-19-20(22(28)29)26(21(19)27)23(30)25-11-5-8-18(14-25)17-6-3-2-4-7-17/h2-4,6-7,9-10,12,18-20H,5,8,11,13-14H2,1H3,(H,28,29)/t18-,19-,20+/m1/s1. The molecule has 2 fully saturated rings. The van der Waals surface area contributed by atoms with E-state index < -0.39 is 29.9 Å². The lowest BCUT2D eigenvalue weighted by Gasteiger charge is -2.46. The zero-order valence-electron chi connectivity index (χ0n) is 16.9. The summed E-state index contributed by atoms with van der Waals surface area (Å²) in [6.07, 6.45) is 3.72. The number of carboxylic acids is 1. The zero-order valence-corrected chi connectivity index (χ0v) is 16.9. The van der Waals surface area contributed by atoms with Crippen molar-refractivity contribution in [2.75, 3.05) is 13.1 Å². The van der Waals surface area contributed by atoms with E-state index in [0.717, 1.165) is 34.6 Å². The minimum atomic E-state index is -1.14. The molecular weight excluding hydrogens is 382 g/mol. The predicted octanol–water partition coefficient (Wildman–Crippen LogP) is 2.84. The summed E-state index contributed by atoms with van der Waals surface area (Å²) < 4.78 is 0. The molecule has 2 aliphatic rings. The second kappa shape index (κ2) is 8.26. The number of aliphatic carboxylic acids is 1. The zero-order chi connectivity index (χ0) is 21.3. The van der Waals surface area contributed by atoms with E-state index in [-0.39, 0.29) is 12.3 Å². The van der Waals surface area contributed by atoms with Gasteiger partial charge in [0.15, 0.2) is 6.04 Å². The van der Waals surface area contributed by atoms with Gasteiger partial charge in [0.1, 0.15) is 0 Å². The van der Waals surface area contributed by atoms with E-state index in [1.165, 1.54) is 0 Å². The second-order valence-corrected chi connectivity index (χ2v) is 8.09. The average molecular weight is 407 g/mol. The Bertz CT molecular complexity index is 962. The van der Waals surface area contributed by atoms with Gasteiger partial charge in [0, 0.05) is 30.9 Å². The summed E-state index contributed by atoms with van der Waals surface area (Å²) in [7, 11) is 0. The molecule has 1 aromatic carbocycles. The molecule has 1 N–H and O–H groups in total. The maximum atomic E-state index is 13.1. The average Bonchev–Trinajstić information content (AvgIpc) is 2.75. The SMILES string of the molecule is Cc1cc(C[C@H]2C(=O)N(C(=O)N3CCC[C@@H](c4ccccc4)C3)[C@@H]2C(=O)O)ccn1.